The van der Waals surface area contributed by atoms with Crippen molar-refractivity contribution in [1.29, 1.82) is 0 Å². The first-order valence-corrected chi connectivity index (χ1v) is 23.5. The zero-order valence-corrected chi connectivity index (χ0v) is 37.5. The number of esters is 2. The molecule has 4 saturated carbocycles. The van der Waals surface area contributed by atoms with Crippen LogP contribution in [0.3, 0.4) is 0 Å². The quantitative estimate of drug-likeness (QED) is 0.0803. The van der Waals surface area contributed by atoms with Crippen molar-refractivity contribution in [3.05, 3.63) is 118 Å². The molecule has 4 fully saturated rings. The van der Waals surface area contributed by atoms with Gasteiger partial charge in [-0.3, -0.25) is 4.79 Å². The normalized spacial score (nSPS) is 30.1. The minimum atomic E-state index is -1.18. The first-order chi connectivity index (χ1) is 30.2. The Bertz CT molecular complexity index is 2340. The molecule has 8 heteroatoms. The largest absolute Gasteiger partial charge is 0.478 e. The van der Waals surface area contributed by atoms with Gasteiger partial charge >= 0.3 is 17.9 Å². The van der Waals surface area contributed by atoms with Gasteiger partial charge in [-0.2, -0.15) is 0 Å². The molecule has 9 unspecified atom stereocenters. The Morgan fingerprint density at radius 3 is 1.98 bits per heavy atom. The lowest BCUT2D eigenvalue weighted by Crippen LogP contribution is -2.55. The van der Waals surface area contributed by atoms with E-state index in [0.717, 1.165) is 54.8 Å². The van der Waals surface area contributed by atoms with Crippen molar-refractivity contribution < 1.29 is 38.5 Å². The van der Waals surface area contributed by atoms with E-state index in [1.807, 2.05) is 24.3 Å². The number of ether oxygens (including phenoxy) is 3. The van der Waals surface area contributed by atoms with Crippen LogP contribution in [-0.4, -0.2) is 29.3 Å². The smallest absolute Gasteiger partial charge is 0.347 e. The molecule has 330 valence electrons. The van der Waals surface area contributed by atoms with Crippen molar-refractivity contribution >= 4 is 24.2 Å². The molecule has 0 amide bonds. The Morgan fingerprint density at radius 2 is 1.33 bits per heavy atom. The topological polar surface area (TPSA) is 116 Å². The highest BCUT2D eigenvalue weighted by molar-refractivity contribution is 6.14. The SMILES string of the molecule is CC(C)CCCC(C)C1CCC2C3CCC4CC(c5ccc(Oc6ccc(C=O)c(C(=O)O)c6)cc5)(c5ccc(Oc6ccc7c(c6)C(=O)OC7=O)cc5)CCC4(C)C3CCC12C. The van der Waals surface area contributed by atoms with Crippen LogP contribution in [0.25, 0.3) is 0 Å². The standard InChI is InChI=1S/C55H62O8/c1-33(2)7-6-8-34(3)47-23-24-48-44-21-14-38-31-55(28-27-53(38,4)49(44)25-26-54(47,48)5,36-10-16-39(17-11-36)61-41-15-9-35(32-56)45(29-41)50(57)58)37-12-18-40(19-13-37)62-42-20-22-43-46(30-42)52(60)63-51(43)59/h9-13,15-20,22,29-30,32-34,38,44,47-49H,6-8,14,21,23-28,31H2,1-5H3,(H,57,58). The van der Waals surface area contributed by atoms with Gasteiger partial charge in [0.1, 0.15) is 23.0 Å². The van der Waals surface area contributed by atoms with Gasteiger partial charge in [-0.15, -0.1) is 0 Å². The zero-order valence-electron chi connectivity index (χ0n) is 37.5. The second-order valence-corrected chi connectivity index (χ2v) is 20.8. The van der Waals surface area contributed by atoms with Crippen molar-refractivity contribution in [3.63, 3.8) is 0 Å². The molecule has 0 radical (unpaired) electrons. The maximum Gasteiger partial charge on any atom is 0.347 e. The summed E-state index contributed by atoms with van der Waals surface area (Å²) in [7, 11) is 0. The third-order valence-corrected chi connectivity index (χ3v) is 17.2. The Balaban J connectivity index is 0.986. The van der Waals surface area contributed by atoms with Crippen LogP contribution in [0.2, 0.25) is 0 Å². The molecule has 4 aromatic carbocycles. The van der Waals surface area contributed by atoms with Gasteiger partial charge < -0.3 is 19.3 Å². The molecular formula is C55H62O8. The molecule has 8 nitrogen and oxygen atoms in total. The van der Waals surface area contributed by atoms with E-state index in [1.54, 1.807) is 24.3 Å². The van der Waals surface area contributed by atoms with Gasteiger partial charge in [0, 0.05) is 11.0 Å². The van der Waals surface area contributed by atoms with E-state index in [4.69, 9.17) is 14.2 Å². The molecular weight excluding hydrogens is 789 g/mol. The van der Waals surface area contributed by atoms with Gasteiger partial charge in [0.05, 0.1) is 16.7 Å². The van der Waals surface area contributed by atoms with Crippen molar-refractivity contribution in [2.75, 3.05) is 0 Å². The number of cyclic esters (lactones) is 2. The van der Waals surface area contributed by atoms with Crippen molar-refractivity contribution in [3.8, 4) is 23.0 Å². The molecule has 9 atom stereocenters. The average molecular weight is 851 g/mol. The van der Waals surface area contributed by atoms with Crippen LogP contribution in [0.5, 0.6) is 23.0 Å². The molecule has 1 N–H and O–H groups in total. The van der Waals surface area contributed by atoms with Crippen LogP contribution in [-0.2, 0) is 10.2 Å². The van der Waals surface area contributed by atoms with E-state index in [-0.39, 0.29) is 33.1 Å². The van der Waals surface area contributed by atoms with E-state index in [9.17, 15) is 24.3 Å². The summed E-state index contributed by atoms with van der Waals surface area (Å²) in [5, 5.41) is 9.68. The summed E-state index contributed by atoms with van der Waals surface area (Å²) in [5.74, 6) is 4.92. The van der Waals surface area contributed by atoms with Crippen molar-refractivity contribution in [2.24, 2.45) is 52.3 Å². The lowest BCUT2D eigenvalue weighted by molar-refractivity contribution is -0.122. The minimum Gasteiger partial charge on any atom is -0.478 e. The highest BCUT2D eigenvalue weighted by Crippen LogP contribution is 2.70. The van der Waals surface area contributed by atoms with Gasteiger partial charge in [-0.05, 0) is 182 Å². The van der Waals surface area contributed by atoms with E-state index in [2.05, 4.69) is 58.9 Å². The lowest BCUT2D eigenvalue weighted by Gasteiger charge is -2.63. The Morgan fingerprint density at radius 1 is 0.714 bits per heavy atom. The zero-order chi connectivity index (χ0) is 44.3. The van der Waals surface area contributed by atoms with Crippen LogP contribution >= 0.6 is 0 Å². The molecule has 9 rings (SSSR count). The summed E-state index contributed by atoms with van der Waals surface area (Å²) in [6.07, 6.45) is 15.9. The van der Waals surface area contributed by atoms with Gasteiger partial charge in [0.15, 0.2) is 6.29 Å². The van der Waals surface area contributed by atoms with Gasteiger partial charge in [-0.1, -0.05) is 78.1 Å². The molecule has 0 aromatic heterocycles. The predicted octanol–water partition coefficient (Wildman–Crippen LogP) is 13.5. The first-order valence-electron chi connectivity index (χ1n) is 23.5. The number of rotatable bonds is 13. The third-order valence-electron chi connectivity index (χ3n) is 17.2. The molecule has 63 heavy (non-hydrogen) atoms. The lowest BCUT2D eigenvalue weighted by atomic mass is 9.42. The molecule has 0 spiro atoms. The summed E-state index contributed by atoms with van der Waals surface area (Å²) < 4.78 is 17.2. The maximum atomic E-state index is 12.3. The van der Waals surface area contributed by atoms with Crippen LogP contribution in [0.1, 0.15) is 164 Å². The monoisotopic (exact) mass is 850 g/mol. The third kappa shape index (κ3) is 7.69. The number of aldehydes is 1. The molecule has 4 aliphatic carbocycles. The fraction of sp³-hybridized carbons (Fsp3) is 0.491. The Labute approximate surface area is 372 Å². The van der Waals surface area contributed by atoms with Crippen molar-refractivity contribution in [1.82, 2.24) is 0 Å². The minimum absolute atomic E-state index is 0.0961. The fourth-order valence-electron chi connectivity index (χ4n) is 14.0. The summed E-state index contributed by atoms with van der Waals surface area (Å²) in [4.78, 5) is 47.6. The molecule has 0 saturated heterocycles. The van der Waals surface area contributed by atoms with Crippen molar-refractivity contribution in [2.45, 2.75) is 117 Å². The first kappa shape index (κ1) is 43.0. The number of carbonyl (C=O) groups excluding carboxylic acids is 3. The molecule has 1 aliphatic heterocycles. The fourth-order valence-corrected chi connectivity index (χ4v) is 14.0. The van der Waals surface area contributed by atoms with E-state index < -0.39 is 17.9 Å². The van der Waals surface area contributed by atoms with E-state index in [1.165, 1.54) is 81.0 Å². The summed E-state index contributed by atoms with van der Waals surface area (Å²) in [5.41, 5.74) is 3.38. The van der Waals surface area contributed by atoms with Gasteiger partial charge in [0.2, 0.25) is 0 Å². The van der Waals surface area contributed by atoms with Gasteiger partial charge in [0.25, 0.3) is 0 Å². The Kier molecular flexibility index (Phi) is 11.4. The number of aromatic carboxylic acids is 1. The number of carboxylic acids is 1. The number of hydrogen-bond acceptors (Lipinski definition) is 7. The predicted molar refractivity (Wildman–Crippen MR) is 242 cm³/mol. The number of carboxylic acid groups (broad SMARTS) is 1. The average Bonchev–Trinajstić information content (AvgIpc) is 3.78. The van der Waals surface area contributed by atoms with Crippen LogP contribution < -0.4 is 9.47 Å². The maximum absolute atomic E-state index is 12.3. The van der Waals surface area contributed by atoms with Crippen LogP contribution in [0.4, 0.5) is 0 Å². The highest BCUT2D eigenvalue weighted by atomic mass is 16.6. The van der Waals surface area contributed by atoms with E-state index in [0.29, 0.717) is 40.6 Å². The van der Waals surface area contributed by atoms with Crippen LogP contribution in [0.15, 0.2) is 84.9 Å². The second kappa shape index (κ2) is 16.7. The number of carbonyl (C=O) groups is 4. The highest BCUT2D eigenvalue weighted by Gasteiger charge is 2.62. The molecule has 0 bridgehead atoms. The Hall–Kier alpha value is -5.24. The van der Waals surface area contributed by atoms with E-state index >= 15 is 0 Å². The molecule has 5 aliphatic rings. The second-order valence-electron chi connectivity index (χ2n) is 20.8. The summed E-state index contributed by atoms with van der Waals surface area (Å²) in [6, 6.07) is 26.0. The summed E-state index contributed by atoms with van der Waals surface area (Å²) >= 11 is 0. The van der Waals surface area contributed by atoms with Crippen LogP contribution in [0, 0.1) is 52.3 Å². The number of fused-ring (bicyclic) bond motifs is 6. The van der Waals surface area contributed by atoms with Gasteiger partial charge in [-0.25, -0.2) is 14.4 Å². The number of benzene rings is 4. The molecule has 4 aromatic rings. The number of hydrogen-bond donors (Lipinski definition) is 1. The molecule has 1 heterocycles. The summed E-state index contributed by atoms with van der Waals surface area (Å²) in [6.45, 7) is 12.6.